The molecule has 128 valence electrons. The molecule has 6 heteroatoms. The van der Waals surface area contributed by atoms with Gasteiger partial charge in [0.25, 0.3) is 0 Å². The van der Waals surface area contributed by atoms with Crippen LogP contribution in [0.2, 0.25) is 0 Å². The number of aromatic carboxylic acids is 1. The zero-order valence-electron chi connectivity index (χ0n) is 13.2. The van der Waals surface area contributed by atoms with Gasteiger partial charge in [0.2, 0.25) is 0 Å². The minimum atomic E-state index is -4.47. The van der Waals surface area contributed by atoms with Crippen LogP contribution in [0.3, 0.4) is 0 Å². The number of halogens is 3. The molecule has 0 aliphatic heterocycles. The summed E-state index contributed by atoms with van der Waals surface area (Å²) in [6.07, 6.45) is -4.47. The molecular weight excluding hydrogens is 331 g/mol. The molecule has 0 spiro atoms. The third-order valence-electron chi connectivity index (χ3n) is 3.89. The summed E-state index contributed by atoms with van der Waals surface area (Å²) in [4.78, 5) is 11.6. The lowest BCUT2D eigenvalue weighted by Crippen LogP contribution is -2.07. The van der Waals surface area contributed by atoms with Gasteiger partial charge in [-0.15, -0.1) is 0 Å². The minimum absolute atomic E-state index is 0.0427. The van der Waals surface area contributed by atoms with E-state index in [1.165, 1.54) is 22.8 Å². The second kappa shape index (κ2) is 6.12. The van der Waals surface area contributed by atoms with Gasteiger partial charge in [-0.2, -0.15) is 13.2 Å². The number of rotatable bonds is 3. The van der Waals surface area contributed by atoms with Crippen LogP contribution in [0.15, 0.2) is 60.7 Å². The molecule has 3 aromatic rings. The van der Waals surface area contributed by atoms with E-state index in [1.54, 1.807) is 37.3 Å². The molecule has 1 aromatic heterocycles. The summed E-state index contributed by atoms with van der Waals surface area (Å²) in [5, 5.41) is 9.50. The molecule has 0 aliphatic rings. The Bertz CT molecular complexity index is 928. The first-order chi connectivity index (χ1) is 11.8. The molecule has 0 amide bonds. The fourth-order valence-electron chi connectivity index (χ4n) is 2.84. The fourth-order valence-corrected chi connectivity index (χ4v) is 2.84. The van der Waals surface area contributed by atoms with Crippen molar-refractivity contribution in [2.24, 2.45) is 0 Å². The van der Waals surface area contributed by atoms with E-state index in [9.17, 15) is 23.1 Å². The standard InChI is InChI=1S/C19H14F3NO2/c1-12-10-16(18(24)25)17(13-6-3-2-4-7-13)23(12)15-9-5-8-14(11-15)19(20,21)22/h2-11H,1H3,(H,24,25). The van der Waals surface area contributed by atoms with Crippen molar-refractivity contribution in [2.45, 2.75) is 13.1 Å². The van der Waals surface area contributed by atoms with Crippen LogP contribution in [0.5, 0.6) is 0 Å². The Kier molecular flexibility index (Phi) is 4.12. The Morgan fingerprint density at radius 3 is 2.28 bits per heavy atom. The number of alkyl halides is 3. The molecule has 0 saturated carbocycles. The largest absolute Gasteiger partial charge is 0.478 e. The topological polar surface area (TPSA) is 42.2 Å². The highest BCUT2D eigenvalue weighted by atomic mass is 19.4. The molecule has 3 rings (SSSR count). The van der Waals surface area contributed by atoms with Crippen LogP contribution < -0.4 is 0 Å². The van der Waals surface area contributed by atoms with E-state index in [0.29, 0.717) is 17.0 Å². The molecule has 0 radical (unpaired) electrons. The maximum Gasteiger partial charge on any atom is 0.416 e. The normalized spacial score (nSPS) is 11.5. The molecule has 2 aromatic carbocycles. The number of carboxylic acids is 1. The average molecular weight is 345 g/mol. The van der Waals surface area contributed by atoms with Crippen molar-refractivity contribution in [1.29, 1.82) is 0 Å². The summed E-state index contributed by atoms with van der Waals surface area (Å²) in [5.74, 6) is -1.13. The highest BCUT2D eigenvalue weighted by Crippen LogP contribution is 2.34. The van der Waals surface area contributed by atoms with Crippen molar-refractivity contribution in [1.82, 2.24) is 4.57 Å². The highest BCUT2D eigenvalue weighted by Gasteiger charge is 2.31. The summed E-state index contributed by atoms with van der Waals surface area (Å²) in [7, 11) is 0. The highest BCUT2D eigenvalue weighted by molar-refractivity contribution is 5.96. The number of aryl methyl sites for hydroxylation is 1. The van der Waals surface area contributed by atoms with E-state index >= 15 is 0 Å². The van der Waals surface area contributed by atoms with E-state index < -0.39 is 17.7 Å². The van der Waals surface area contributed by atoms with Gasteiger partial charge in [0, 0.05) is 11.4 Å². The fraction of sp³-hybridized carbons (Fsp3) is 0.105. The molecule has 1 heterocycles. The molecule has 25 heavy (non-hydrogen) atoms. The minimum Gasteiger partial charge on any atom is -0.478 e. The Morgan fingerprint density at radius 1 is 1.00 bits per heavy atom. The first-order valence-corrected chi connectivity index (χ1v) is 7.47. The smallest absolute Gasteiger partial charge is 0.416 e. The second-order valence-corrected chi connectivity index (χ2v) is 5.60. The lowest BCUT2D eigenvalue weighted by atomic mass is 10.1. The summed E-state index contributed by atoms with van der Waals surface area (Å²) in [5.41, 5.74) is 1.03. The quantitative estimate of drug-likeness (QED) is 0.711. The lowest BCUT2D eigenvalue weighted by Gasteiger charge is -2.15. The van der Waals surface area contributed by atoms with E-state index in [1.807, 2.05) is 0 Å². The van der Waals surface area contributed by atoms with Gasteiger partial charge in [-0.05, 0) is 36.8 Å². The monoisotopic (exact) mass is 345 g/mol. The second-order valence-electron chi connectivity index (χ2n) is 5.60. The van der Waals surface area contributed by atoms with Gasteiger partial charge in [-0.25, -0.2) is 4.79 Å². The van der Waals surface area contributed by atoms with Crippen molar-refractivity contribution in [2.75, 3.05) is 0 Å². The molecule has 1 N–H and O–H groups in total. The Morgan fingerprint density at radius 2 is 1.68 bits per heavy atom. The SMILES string of the molecule is Cc1cc(C(=O)O)c(-c2ccccc2)n1-c1cccc(C(F)(F)F)c1. The maximum absolute atomic E-state index is 13.0. The van der Waals surface area contributed by atoms with Crippen molar-refractivity contribution in [3.05, 3.63) is 77.5 Å². The van der Waals surface area contributed by atoms with Crippen LogP contribution in [-0.4, -0.2) is 15.6 Å². The summed E-state index contributed by atoms with van der Waals surface area (Å²) < 4.78 is 40.6. The third kappa shape index (κ3) is 3.15. The van der Waals surface area contributed by atoms with Gasteiger partial charge in [0.1, 0.15) is 0 Å². The van der Waals surface area contributed by atoms with Crippen molar-refractivity contribution in [3.63, 3.8) is 0 Å². The summed E-state index contributed by atoms with van der Waals surface area (Å²) >= 11 is 0. The maximum atomic E-state index is 13.0. The van der Waals surface area contributed by atoms with Crippen LogP contribution in [0.4, 0.5) is 13.2 Å². The van der Waals surface area contributed by atoms with Crippen molar-refractivity contribution >= 4 is 5.97 Å². The van der Waals surface area contributed by atoms with E-state index in [4.69, 9.17) is 0 Å². The molecule has 0 saturated heterocycles. The predicted molar refractivity (Wildman–Crippen MR) is 87.9 cm³/mol. The summed E-state index contributed by atoms with van der Waals surface area (Å²) in [6.45, 7) is 1.67. The van der Waals surface area contributed by atoms with Gasteiger partial charge >= 0.3 is 12.1 Å². The van der Waals surface area contributed by atoms with Crippen molar-refractivity contribution in [3.8, 4) is 16.9 Å². The molecule has 0 atom stereocenters. The lowest BCUT2D eigenvalue weighted by molar-refractivity contribution is -0.137. The molecule has 0 fully saturated rings. The van der Waals surface area contributed by atoms with E-state index in [0.717, 1.165) is 12.1 Å². The van der Waals surface area contributed by atoms with Crippen LogP contribution in [0.1, 0.15) is 21.6 Å². The number of nitrogens with zero attached hydrogens (tertiary/aromatic N) is 1. The van der Waals surface area contributed by atoms with Crippen LogP contribution in [0.25, 0.3) is 16.9 Å². The number of hydrogen-bond donors (Lipinski definition) is 1. The van der Waals surface area contributed by atoms with Gasteiger partial charge < -0.3 is 9.67 Å². The Balaban J connectivity index is 2.29. The summed E-state index contributed by atoms with van der Waals surface area (Å²) in [6, 6.07) is 15.1. The number of hydrogen-bond acceptors (Lipinski definition) is 1. The molecular formula is C19H14F3NO2. The van der Waals surface area contributed by atoms with Crippen LogP contribution in [0, 0.1) is 6.92 Å². The molecule has 3 nitrogen and oxygen atoms in total. The Hall–Kier alpha value is -3.02. The zero-order valence-corrected chi connectivity index (χ0v) is 13.2. The number of carbonyl (C=O) groups is 1. The number of aromatic nitrogens is 1. The number of carboxylic acid groups (broad SMARTS) is 1. The van der Waals surface area contributed by atoms with Gasteiger partial charge in [-0.3, -0.25) is 0 Å². The molecule has 0 unspecified atom stereocenters. The van der Waals surface area contributed by atoms with Gasteiger partial charge in [0.05, 0.1) is 16.8 Å². The average Bonchev–Trinajstić information content (AvgIpc) is 2.92. The first-order valence-electron chi connectivity index (χ1n) is 7.47. The van der Waals surface area contributed by atoms with Crippen LogP contribution >= 0.6 is 0 Å². The predicted octanol–water partition coefficient (Wildman–Crippen LogP) is 5.17. The van der Waals surface area contributed by atoms with Crippen molar-refractivity contribution < 1.29 is 23.1 Å². The van der Waals surface area contributed by atoms with E-state index in [2.05, 4.69) is 0 Å². The van der Waals surface area contributed by atoms with E-state index in [-0.39, 0.29) is 11.3 Å². The van der Waals surface area contributed by atoms with Gasteiger partial charge in [0.15, 0.2) is 0 Å². The van der Waals surface area contributed by atoms with Gasteiger partial charge in [-0.1, -0.05) is 36.4 Å². The molecule has 0 bridgehead atoms. The van der Waals surface area contributed by atoms with Crippen LogP contribution in [-0.2, 0) is 6.18 Å². The third-order valence-corrected chi connectivity index (χ3v) is 3.89. The Labute approximate surface area is 142 Å². The zero-order chi connectivity index (χ0) is 18.2. The first kappa shape index (κ1) is 16.8. The number of benzene rings is 2. The molecule has 0 aliphatic carbocycles.